The van der Waals surface area contributed by atoms with E-state index in [0.717, 1.165) is 10.8 Å². The van der Waals surface area contributed by atoms with Crippen molar-refractivity contribution in [1.82, 2.24) is 4.90 Å². The van der Waals surface area contributed by atoms with Gasteiger partial charge in [-0.3, -0.25) is 4.90 Å². The molecule has 2 aromatic rings. The molecule has 2 N–H and O–H groups in total. The number of aliphatic hydroxyl groups excluding tert-OH is 2. The van der Waals surface area contributed by atoms with Crippen molar-refractivity contribution in [2.24, 2.45) is 0 Å². The lowest BCUT2D eigenvalue weighted by Crippen LogP contribution is -2.41. The average molecular weight is 309 g/mol. The van der Waals surface area contributed by atoms with Gasteiger partial charge in [0.2, 0.25) is 0 Å². The number of fused-ring (bicyclic) bond motifs is 2. The van der Waals surface area contributed by atoms with Crippen molar-refractivity contribution in [1.29, 1.82) is 5.26 Å². The Labute approximate surface area is 132 Å². The van der Waals surface area contributed by atoms with Gasteiger partial charge in [0, 0.05) is 17.3 Å². The van der Waals surface area contributed by atoms with Crippen LogP contribution in [-0.2, 0) is 0 Å². The summed E-state index contributed by atoms with van der Waals surface area (Å²) in [5.74, 6) is 0. The maximum atomic E-state index is 12.7. The number of urea groups is 1. The first kappa shape index (κ1) is 14.0. The van der Waals surface area contributed by atoms with Gasteiger partial charge in [-0.1, -0.05) is 24.3 Å². The molecule has 2 heterocycles. The number of carbonyl (C=O) groups is 1. The van der Waals surface area contributed by atoms with E-state index in [-0.39, 0.29) is 6.03 Å². The van der Waals surface area contributed by atoms with Gasteiger partial charge in [-0.15, -0.1) is 0 Å². The second-order valence-corrected chi connectivity index (χ2v) is 5.90. The Morgan fingerprint density at radius 2 is 1.87 bits per heavy atom. The quantitative estimate of drug-likeness (QED) is 0.833. The van der Waals surface area contributed by atoms with Crippen molar-refractivity contribution < 1.29 is 15.0 Å². The first-order valence-electron chi connectivity index (χ1n) is 7.51. The van der Waals surface area contributed by atoms with Crippen LogP contribution in [-0.4, -0.2) is 46.1 Å². The van der Waals surface area contributed by atoms with Crippen LogP contribution in [0.25, 0.3) is 10.8 Å². The van der Waals surface area contributed by atoms with Crippen molar-refractivity contribution in [3.8, 4) is 6.07 Å². The lowest BCUT2D eigenvalue weighted by molar-refractivity contribution is 0.0593. The van der Waals surface area contributed by atoms with Crippen LogP contribution in [0.2, 0.25) is 0 Å². The SMILES string of the molecule is N#Cc1ccc(N2C(=O)N3CC[C@@H](O)[C@H]3C2O)c2ccccc12. The van der Waals surface area contributed by atoms with Gasteiger partial charge in [0.15, 0.2) is 6.23 Å². The zero-order chi connectivity index (χ0) is 16.1. The summed E-state index contributed by atoms with van der Waals surface area (Å²) < 4.78 is 0. The number of amides is 2. The molecule has 0 aromatic heterocycles. The van der Waals surface area contributed by atoms with E-state index in [1.807, 2.05) is 24.3 Å². The Balaban J connectivity index is 1.88. The van der Waals surface area contributed by atoms with E-state index < -0.39 is 18.4 Å². The Kier molecular flexibility index (Phi) is 3.01. The Hall–Kier alpha value is -2.62. The average Bonchev–Trinajstić information content (AvgIpc) is 3.07. The molecule has 0 bridgehead atoms. The number of hydrogen-bond acceptors (Lipinski definition) is 4. The summed E-state index contributed by atoms with van der Waals surface area (Å²) in [6.45, 7) is 0.437. The predicted molar refractivity (Wildman–Crippen MR) is 83.7 cm³/mol. The van der Waals surface area contributed by atoms with Gasteiger partial charge in [0.25, 0.3) is 0 Å². The molecule has 6 heteroatoms. The van der Waals surface area contributed by atoms with Crippen LogP contribution in [0, 0.1) is 11.3 Å². The topological polar surface area (TPSA) is 87.8 Å². The third-order valence-electron chi connectivity index (χ3n) is 4.72. The molecule has 2 fully saturated rings. The number of anilines is 1. The second kappa shape index (κ2) is 4.95. The molecule has 0 aliphatic carbocycles. The molecule has 116 valence electrons. The van der Waals surface area contributed by atoms with E-state index in [1.165, 1.54) is 9.80 Å². The fourth-order valence-electron chi connectivity index (χ4n) is 3.62. The number of aliphatic hydroxyl groups is 2. The smallest absolute Gasteiger partial charge is 0.327 e. The van der Waals surface area contributed by atoms with Crippen molar-refractivity contribution >= 4 is 22.5 Å². The van der Waals surface area contributed by atoms with Crippen LogP contribution >= 0.6 is 0 Å². The molecular weight excluding hydrogens is 294 g/mol. The molecule has 2 saturated heterocycles. The first-order valence-corrected chi connectivity index (χ1v) is 7.51. The molecule has 4 rings (SSSR count). The van der Waals surface area contributed by atoms with Crippen molar-refractivity contribution in [2.75, 3.05) is 11.4 Å². The van der Waals surface area contributed by atoms with Gasteiger partial charge in [-0.2, -0.15) is 5.26 Å². The van der Waals surface area contributed by atoms with Crippen LogP contribution < -0.4 is 4.90 Å². The van der Waals surface area contributed by atoms with Gasteiger partial charge in [-0.25, -0.2) is 4.79 Å². The highest BCUT2D eigenvalue weighted by molar-refractivity contribution is 6.06. The highest BCUT2D eigenvalue weighted by Gasteiger charge is 2.52. The normalized spacial score (nSPS) is 26.7. The molecule has 3 atom stereocenters. The maximum Gasteiger partial charge on any atom is 0.327 e. The van der Waals surface area contributed by atoms with E-state index in [4.69, 9.17) is 0 Å². The number of carbonyl (C=O) groups excluding carboxylic acids is 1. The summed E-state index contributed by atoms with van der Waals surface area (Å²) in [5, 5.41) is 31.3. The van der Waals surface area contributed by atoms with Gasteiger partial charge in [-0.05, 0) is 18.6 Å². The fourth-order valence-corrected chi connectivity index (χ4v) is 3.62. The summed E-state index contributed by atoms with van der Waals surface area (Å²) in [6, 6.07) is 11.9. The van der Waals surface area contributed by atoms with Crippen LogP contribution in [0.3, 0.4) is 0 Å². The van der Waals surface area contributed by atoms with Crippen molar-refractivity contribution in [3.05, 3.63) is 42.0 Å². The summed E-state index contributed by atoms with van der Waals surface area (Å²) in [5.41, 5.74) is 1.07. The largest absolute Gasteiger partial charge is 0.391 e. The van der Waals surface area contributed by atoms with Crippen molar-refractivity contribution in [2.45, 2.75) is 24.8 Å². The second-order valence-electron chi connectivity index (χ2n) is 5.90. The molecule has 2 aliphatic heterocycles. The lowest BCUT2D eigenvalue weighted by atomic mass is 10.0. The lowest BCUT2D eigenvalue weighted by Gasteiger charge is -2.24. The van der Waals surface area contributed by atoms with E-state index in [2.05, 4.69) is 6.07 Å². The number of nitriles is 1. The molecular formula is C17H15N3O3. The third-order valence-corrected chi connectivity index (χ3v) is 4.72. The van der Waals surface area contributed by atoms with Crippen molar-refractivity contribution in [3.63, 3.8) is 0 Å². The number of nitrogens with zero attached hydrogens (tertiary/aromatic N) is 3. The standard InChI is InChI=1S/C17H15N3O3/c18-9-10-5-6-13(12-4-2-1-3-11(10)12)20-16(22)15-14(21)7-8-19(15)17(20)23/h1-6,14-16,21-22H,7-8H2/t14-,15+,16?/m1/s1. The van der Waals surface area contributed by atoms with E-state index in [9.17, 15) is 20.3 Å². The molecule has 23 heavy (non-hydrogen) atoms. The Morgan fingerprint density at radius 3 is 2.57 bits per heavy atom. The number of hydrogen-bond donors (Lipinski definition) is 2. The third kappa shape index (κ3) is 1.84. The summed E-state index contributed by atoms with van der Waals surface area (Å²) in [4.78, 5) is 15.5. The van der Waals surface area contributed by atoms with Gasteiger partial charge < -0.3 is 15.1 Å². The van der Waals surface area contributed by atoms with Gasteiger partial charge >= 0.3 is 6.03 Å². The minimum absolute atomic E-state index is 0.311. The Bertz CT molecular complexity index is 845. The zero-order valence-electron chi connectivity index (χ0n) is 12.3. The monoisotopic (exact) mass is 309 g/mol. The maximum absolute atomic E-state index is 12.7. The first-order chi connectivity index (χ1) is 11.1. The number of rotatable bonds is 1. The van der Waals surface area contributed by atoms with Gasteiger partial charge in [0.1, 0.15) is 6.04 Å². The molecule has 0 radical (unpaired) electrons. The van der Waals surface area contributed by atoms with Crippen LogP contribution in [0.4, 0.5) is 10.5 Å². The Morgan fingerprint density at radius 1 is 1.13 bits per heavy atom. The molecule has 2 amide bonds. The van der Waals surface area contributed by atoms with E-state index in [1.54, 1.807) is 12.1 Å². The van der Waals surface area contributed by atoms with Crippen LogP contribution in [0.1, 0.15) is 12.0 Å². The summed E-state index contributed by atoms with van der Waals surface area (Å²) in [7, 11) is 0. The summed E-state index contributed by atoms with van der Waals surface area (Å²) in [6.07, 6.45) is -1.34. The highest BCUT2D eigenvalue weighted by Crippen LogP contribution is 2.38. The molecule has 1 unspecified atom stereocenters. The molecule has 2 aromatic carbocycles. The molecule has 2 aliphatic rings. The van der Waals surface area contributed by atoms with Gasteiger partial charge in [0.05, 0.1) is 23.4 Å². The van der Waals surface area contributed by atoms with E-state index in [0.29, 0.717) is 24.2 Å². The predicted octanol–water partition coefficient (Wildman–Crippen LogP) is 1.41. The highest BCUT2D eigenvalue weighted by atomic mass is 16.3. The minimum Gasteiger partial charge on any atom is -0.391 e. The van der Waals surface area contributed by atoms with Crippen LogP contribution in [0.15, 0.2) is 36.4 Å². The van der Waals surface area contributed by atoms with Crippen LogP contribution in [0.5, 0.6) is 0 Å². The minimum atomic E-state index is -1.10. The molecule has 0 spiro atoms. The zero-order valence-corrected chi connectivity index (χ0v) is 12.3. The fraction of sp³-hybridized carbons (Fsp3) is 0.294. The summed E-state index contributed by atoms with van der Waals surface area (Å²) >= 11 is 0. The molecule has 6 nitrogen and oxygen atoms in total. The van der Waals surface area contributed by atoms with E-state index >= 15 is 0 Å². The molecule has 0 saturated carbocycles. The number of benzene rings is 2.